The molecular formula is C23H27N5O4S2. The van der Waals surface area contributed by atoms with Crippen LogP contribution in [0.1, 0.15) is 11.8 Å². The van der Waals surface area contributed by atoms with E-state index in [9.17, 15) is 13.2 Å². The van der Waals surface area contributed by atoms with Crippen LogP contribution in [0.3, 0.4) is 0 Å². The number of fused-ring (bicyclic) bond motifs is 1. The molecule has 1 aliphatic heterocycles. The average Bonchev–Trinajstić information content (AvgIpc) is 3.38. The van der Waals surface area contributed by atoms with Gasteiger partial charge in [-0.25, -0.2) is 8.42 Å². The van der Waals surface area contributed by atoms with Crippen LogP contribution in [0, 0.1) is 5.41 Å². The lowest BCUT2D eigenvalue weighted by atomic mass is 10.0. The van der Waals surface area contributed by atoms with Crippen LogP contribution in [0.5, 0.6) is 0 Å². The molecule has 34 heavy (non-hydrogen) atoms. The lowest BCUT2D eigenvalue weighted by molar-refractivity contribution is -0.127. The SMILES string of the molecule is C[C@@](NS(=O)(=O)c1ccc2ccccc2c1)(C(=O)NC[C@H]1CN(C(=N)N)CCO1)c1cccs1. The summed E-state index contributed by atoms with van der Waals surface area (Å²) in [5, 5.41) is 13.9. The molecule has 2 heterocycles. The van der Waals surface area contributed by atoms with Crippen molar-refractivity contribution in [3.63, 3.8) is 0 Å². The van der Waals surface area contributed by atoms with Crippen molar-refractivity contribution < 1.29 is 17.9 Å². The maximum Gasteiger partial charge on any atom is 0.246 e. The quantitative estimate of drug-likeness (QED) is 0.288. The fourth-order valence-corrected chi connectivity index (χ4v) is 6.17. The number of nitrogens with zero attached hydrogens (tertiary/aromatic N) is 1. The summed E-state index contributed by atoms with van der Waals surface area (Å²) in [6.45, 7) is 2.97. The number of amides is 1. The highest BCUT2D eigenvalue weighted by Gasteiger charge is 2.41. The number of nitrogens with two attached hydrogens (primary N) is 1. The van der Waals surface area contributed by atoms with Gasteiger partial charge in [0.25, 0.3) is 0 Å². The number of thiophene rings is 1. The Morgan fingerprint density at radius 1 is 1.24 bits per heavy atom. The van der Waals surface area contributed by atoms with Crippen LogP contribution >= 0.6 is 11.3 Å². The largest absolute Gasteiger partial charge is 0.373 e. The lowest BCUT2D eigenvalue weighted by Crippen LogP contribution is -2.57. The minimum Gasteiger partial charge on any atom is -0.373 e. The van der Waals surface area contributed by atoms with E-state index in [-0.39, 0.29) is 23.5 Å². The molecule has 1 fully saturated rings. The summed E-state index contributed by atoms with van der Waals surface area (Å²) in [7, 11) is -4.03. The van der Waals surface area contributed by atoms with E-state index in [2.05, 4.69) is 10.0 Å². The first-order chi connectivity index (χ1) is 16.2. The second-order valence-corrected chi connectivity index (χ2v) is 10.9. The minimum absolute atomic E-state index is 0.0498. The number of nitrogens with one attached hydrogen (secondary N) is 3. The Morgan fingerprint density at radius 2 is 2.00 bits per heavy atom. The molecule has 0 spiro atoms. The van der Waals surface area contributed by atoms with Crippen molar-refractivity contribution in [3.8, 4) is 0 Å². The van der Waals surface area contributed by atoms with Crippen LogP contribution < -0.4 is 15.8 Å². The number of hydrogen-bond donors (Lipinski definition) is 4. The van der Waals surface area contributed by atoms with Crippen LogP contribution in [0.4, 0.5) is 0 Å². The van der Waals surface area contributed by atoms with Gasteiger partial charge in [-0.2, -0.15) is 4.72 Å². The van der Waals surface area contributed by atoms with Crippen LogP contribution in [-0.4, -0.2) is 57.5 Å². The van der Waals surface area contributed by atoms with Crippen molar-refractivity contribution in [1.29, 1.82) is 5.41 Å². The molecule has 3 aromatic rings. The molecule has 0 unspecified atom stereocenters. The van der Waals surface area contributed by atoms with E-state index in [0.717, 1.165) is 10.8 Å². The maximum atomic E-state index is 13.4. The number of sulfonamides is 1. The molecule has 1 aromatic heterocycles. The highest BCUT2D eigenvalue weighted by Crippen LogP contribution is 2.29. The Balaban J connectivity index is 1.55. The fourth-order valence-electron chi connectivity index (χ4n) is 3.88. The third-order valence-electron chi connectivity index (χ3n) is 5.81. The number of benzene rings is 2. The Kier molecular flexibility index (Phi) is 6.89. The van der Waals surface area contributed by atoms with Gasteiger partial charge in [-0.15, -0.1) is 11.3 Å². The molecular weight excluding hydrogens is 474 g/mol. The van der Waals surface area contributed by atoms with Crippen molar-refractivity contribution in [3.05, 3.63) is 64.9 Å². The zero-order valence-corrected chi connectivity index (χ0v) is 20.3. The molecule has 2 aromatic carbocycles. The summed E-state index contributed by atoms with van der Waals surface area (Å²) in [6, 6.07) is 15.8. The highest BCUT2D eigenvalue weighted by atomic mass is 32.2. The summed E-state index contributed by atoms with van der Waals surface area (Å²) in [5.41, 5.74) is 4.03. The zero-order chi connectivity index (χ0) is 24.3. The fraction of sp³-hybridized carbons (Fsp3) is 0.304. The van der Waals surface area contributed by atoms with Gasteiger partial charge in [-0.3, -0.25) is 10.2 Å². The molecule has 4 rings (SSSR count). The van der Waals surface area contributed by atoms with E-state index in [1.165, 1.54) is 17.4 Å². The summed E-state index contributed by atoms with van der Waals surface area (Å²) >= 11 is 1.29. The van der Waals surface area contributed by atoms with Gasteiger partial charge in [0.1, 0.15) is 5.54 Å². The predicted octanol–water partition coefficient (Wildman–Crippen LogP) is 1.81. The molecule has 0 saturated carbocycles. The average molecular weight is 502 g/mol. The molecule has 9 nitrogen and oxygen atoms in total. The van der Waals surface area contributed by atoms with Gasteiger partial charge in [-0.1, -0.05) is 36.4 Å². The first-order valence-electron chi connectivity index (χ1n) is 10.7. The molecule has 2 atom stereocenters. The van der Waals surface area contributed by atoms with E-state index in [4.69, 9.17) is 15.9 Å². The molecule has 5 N–H and O–H groups in total. The normalized spacial score (nSPS) is 18.4. The van der Waals surface area contributed by atoms with Gasteiger partial charge in [0, 0.05) is 24.5 Å². The smallest absolute Gasteiger partial charge is 0.246 e. The second-order valence-electron chi connectivity index (χ2n) is 8.25. The Morgan fingerprint density at radius 3 is 2.71 bits per heavy atom. The number of carbonyl (C=O) groups excluding carboxylic acids is 1. The van der Waals surface area contributed by atoms with Crippen molar-refractivity contribution in [2.24, 2.45) is 5.73 Å². The maximum absolute atomic E-state index is 13.4. The summed E-state index contributed by atoms with van der Waals surface area (Å²) in [4.78, 5) is 15.7. The van der Waals surface area contributed by atoms with E-state index >= 15 is 0 Å². The van der Waals surface area contributed by atoms with Gasteiger partial charge < -0.3 is 20.7 Å². The molecule has 180 valence electrons. The van der Waals surface area contributed by atoms with Crippen molar-refractivity contribution in [2.45, 2.75) is 23.5 Å². The van der Waals surface area contributed by atoms with Gasteiger partial charge in [0.15, 0.2) is 5.96 Å². The lowest BCUT2D eigenvalue weighted by Gasteiger charge is -2.34. The molecule has 0 radical (unpaired) electrons. The molecule has 11 heteroatoms. The minimum atomic E-state index is -4.03. The number of carbonyl (C=O) groups is 1. The highest BCUT2D eigenvalue weighted by molar-refractivity contribution is 7.89. The number of morpholine rings is 1. The number of ether oxygens (including phenoxy) is 1. The topological polar surface area (TPSA) is 138 Å². The third kappa shape index (κ3) is 5.07. The Hall–Kier alpha value is -2.99. The Bertz CT molecular complexity index is 1300. The molecule has 0 aliphatic carbocycles. The van der Waals surface area contributed by atoms with E-state index in [1.54, 1.807) is 41.5 Å². The van der Waals surface area contributed by atoms with Crippen molar-refractivity contribution in [2.75, 3.05) is 26.2 Å². The van der Waals surface area contributed by atoms with E-state index in [0.29, 0.717) is 24.6 Å². The first kappa shape index (κ1) is 24.1. The first-order valence-corrected chi connectivity index (χ1v) is 13.1. The van der Waals surface area contributed by atoms with Crippen LogP contribution in [-0.2, 0) is 25.1 Å². The monoisotopic (exact) mass is 501 g/mol. The molecule has 1 saturated heterocycles. The predicted molar refractivity (Wildman–Crippen MR) is 132 cm³/mol. The summed E-state index contributed by atoms with van der Waals surface area (Å²) < 4.78 is 35.0. The molecule has 1 aliphatic rings. The van der Waals surface area contributed by atoms with Crippen LogP contribution in [0.2, 0.25) is 0 Å². The van der Waals surface area contributed by atoms with Gasteiger partial charge in [0.05, 0.1) is 17.6 Å². The van der Waals surface area contributed by atoms with Crippen molar-refractivity contribution >= 4 is 44.0 Å². The molecule has 1 amide bonds. The van der Waals surface area contributed by atoms with Crippen molar-refractivity contribution in [1.82, 2.24) is 14.9 Å². The second kappa shape index (κ2) is 9.71. The van der Waals surface area contributed by atoms with Gasteiger partial charge in [-0.05, 0) is 41.3 Å². The standard InChI is InChI=1S/C23H27N5O4S2/c1-23(20-7-4-12-33-20,21(29)26-14-18-15-28(22(24)25)10-11-32-18)27-34(30,31)19-9-8-16-5-2-3-6-17(16)13-19/h2-9,12-13,18,27H,10-11,14-15H2,1H3,(H3,24,25)(H,26,29)/t18-,23-/m0/s1. The third-order valence-corrected chi connectivity index (χ3v) is 8.45. The van der Waals surface area contributed by atoms with Crippen LogP contribution in [0.15, 0.2) is 64.9 Å². The van der Waals surface area contributed by atoms with E-state index < -0.39 is 21.5 Å². The van der Waals surface area contributed by atoms with Gasteiger partial charge >= 0.3 is 0 Å². The van der Waals surface area contributed by atoms with E-state index in [1.807, 2.05) is 24.3 Å². The number of hydrogen-bond acceptors (Lipinski definition) is 6. The van der Waals surface area contributed by atoms with Crippen LogP contribution in [0.25, 0.3) is 10.8 Å². The summed E-state index contributed by atoms with van der Waals surface area (Å²) in [5.74, 6) is -0.547. The molecule has 0 bridgehead atoms. The van der Waals surface area contributed by atoms with Gasteiger partial charge in [0.2, 0.25) is 15.9 Å². The number of rotatable bonds is 7. The number of guanidine groups is 1. The summed E-state index contributed by atoms with van der Waals surface area (Å²) in [6.07, 6.45) is -0.369. The Labute approximate surface area is 202 Å². The zero-order valence-electron chi connectivity index (χ0n) is 18.7.